The number of anilines is 1. The molecule has 3 heterocycles. The number of hydrazone groups is 1. The van der Waals surface area contributed by atoms with Crippen molar-refractivity contribution in [2.75, 3.05) is 18.4 Å². The molecular weight excluding hydrogens is 436 g/mol. The first-order valence-electron chi connectivity index (χ1n) is 11.1. The van der Waals surface area contributed by atoms with Crippen molar-refractivity contribution in [2.45, 2.75) is 38.8 Å². The number of carbonyl (C=O) groups is 2. The molecule has 2 unspecified atom stereocenters. The van der Waals surface area contributed by atoms with Gasteiger partial charge >= 0.3 is 0 Å². The van der Waals surface area contributed by atoms with Gasteiger partial charge in [0.2, 0.25) is 5.91 Å². The van der Waals surface area contributed by atoms with Crippen LogP contribution in [0.25, 0.3) is 0 Å². The summed E-state index contributed by atoms with van der Waals surface area (Å²) >= 11 is 1.61. The minimum absolute atomic E-state index is 0.105. The minimum atomic E-state index is -0.467. The molecule has 1 aromatic carbocycles. The smallest absolute Gasteiger partial charge is 0.257 e. The Morgan fingerprint density at radius 3 is 2.70 bits per heavy atom. The normalized spacial score (nSPS) is 16.6. The van der Waals surface area contributed by atoms with Gasteiger partial charge in [0.25, 0.3) is 5.91 Å². The number of amides is 2. The Labute approximate surface area is 197 Å². The van der Waals surface area contributed by atoms with E-state index in [0.29, 0.717) is 18.7 Å². The second-order valence-electron chi connectivity index (χ2n) is 8.00. The van der Waals surface area contributed by atoms with Crippen LogP contribution in [0.15, 0.2) is 75.8 Å². The molecule has 0 bridgehead atoms. The molecular formula is C25H28N4O3S. The topological polar surface area (TPSA) is 78.2 Å². The minimum Gasteiger partial charge on any atom is -0.463 e. The Balaban J connectivity index is 1.50. The Bertz CT molecular complexity index is 1080. The molecule has 0 radical (unpaired) electrons. The van der Waals surface area contributed by atoms with E-state index in [0.717, 1.165) is 22.7 Å². The molecule has 0 spiro atoms. The summed E-state index contributed by atoms with van der Waals surface area (Å²) < 4.78 is 5.53. The average Bonchev–Trinajstić information content (AvgIpc) is 3.59. The van der Waals surface area contributed by atoms with Gasteiger partial charge in [0.15, 0.2) is 0 Å². The highest BCUT2D eigenvalue weighted by molar-refractivity contribution is 7.10. The van der Waals surface area contributed by atoms with Gasteiger partial charge in [0, 0.05) is 17.0 Å². The molecule has 172 valence electrons. The van der Waals surface area contributed by atoms with Crippen LogP contribution in [0.2, 0.25) is 0 Å². The van der Waals surface area contributed by atoms with Crippen molar-refractivity contribution < 1.29 is 14.0 Å². The number of para-hydroxylation sites is 1. The van der Waals surface area contributed by atoms with E-state index in [4.69, 9.17) is 4.42 Å². The Kier molecular flexibility index (Phi) is 7.36. The number of rotatable bonds is 9. The molecule has 0 saturated heterocycles. The molecule has 33 heavy (non-hydrogen) atoms. The Hall–Kier alpha value is -3.23. The molecule has 0 saturated carbocycles. The van der Waals surface area contributed by atoms with Crippen molar-refractivity contribution >= 4 is 34.6 Å². The summed E-state index contributed by atoms with van der Waals surface area (Å²) in [7, 11) is 0. The molecule has 2 atom stereocenters. The summed E-state index contributed by atoms with van der Waals surface area (Å²) in [5, 5.41) is 11.1. The van der Waals surface area contributed by atoms with Crippen LogP contribution in [-0.2, 0) is 9.59 Å². The van der Waals surface area contributed by atoms with Gasteiger partial charge in [0.05, 0.1) is 24.9 Å². The van der Waals surface area contributed by atoms with Gasteiger partial charge in [-0.05, 0) is 55.6 Å². The van der Waals surface area contributed by atoms with Gasteiger partial charge in [-0.25, -0.2) is 5.01 Å². The number of thiophene rings is 1. The van der Waals surface area contributed by atoms with E-state index in [-0.39, 0.29) is 24.4 Å². The van der Waals surface area contributed by atoms with Crippen molar-refractivity contribution in [3.8, 4) is 0 Å². The molecule has 2 aromatic heterocycles. The third-order valence-corrected chi connectivity index (χ3v) is 6.63. The van der Waals surface area contributed by atoms with Crippen LogP contribution in [0.1, 0.15) is 43.4 Å². The number of nitrogens with zero attached hydrogens (tertiary/aromatic N) is 3. The van der Waals surface area contributed by atoms with Gasteiger partial charge in [0.1, 0.15) is 11.5 Å². The number of hydrogen-bond acceptors (Lipinski definition) is 6. The Morgan fingerprint density at radius 2 is 2.03 bits per heavy atom. The molecule has 1 aliphatic heterocycles. The van der Waals surface area contributed by atoms with Crippen LogP contribution in [0.3, 0.4) is 0 Å². The fourth-order valence-corrected chi connectivity index (χ4v) is 4.72. The Morgan fingerprint density at radius 1 is 1.21 bits per heavy atom. The van der Waals surface area contributed by atoms with Gasteiger partial charge in [-0.3, -0.25) is 14.5 Å². The summed E-state index contributed by atoms with van der Waals surface area (Å²) in [6.45, 7) is 4.60. The van der Waals surface area contributed by atoms with Crippen molar-refractivity contribution in [3.63, 3.8) is 0 Å². The van der Waals surface area contributed by atoms with E-state index in [2.05, 4.69) is 10.4 Å². The lowest BCUT2D eigenvalue weighted by atomic mass is 10.1. The second kappa shape index (κ2) is 10.6. The van der Waals surface area contributed by atoms with Crippen LogP contribution in [0, 0.1) is 0 Å². The summed E-state index contributed by atoms with van der Waals surface area (Å²) in [5.41, 5.74) is 1.49. The fraction of sp³-hybridized carbons (Fsp3) is 0.320. The lowest BCUT2D eigenvalue weighted by Gasteiger charge is -2.29. The molecule has 0 fully saturated rings. The van der Waals surface area contributed by atoms with Crippen LogP contribution in [-0.4, -0.2) is 46.6 Å². The maximum Gasteiger partial charge on any atom is 0.257 e. The van der Waals surface area contributed by atoms with Crippen LogP contribution in [0.4, 0.5) is 5.69 Å². The highest BCUT2D eigenvalue weighted by Gasteiger charge is 2.36. The third kappa shape index (κ3) is 5.40. The van der Waals surface area contributed by atoms with Crippen molar-refractivity contribution in [2.24, 2.45) is 5.10 Å². The zero-order valence-corrected chi connectivity index (χ0v) is 19.6. The van der Waals surface area contributed by atoms with Gasteiger partial charge in [-0.1, -0.05) is 31.2 Å². The number of benzene rings is 1. The van der Waals surface area contributed by atoms with Crippen molar-refractivity contribution in [1.29, 1.82) is 0 Å². The van der Waals surface area contributed by atoms with E-state index in [1.807, 2.05) is 78.7 Å². The van der Waals surface area contributed by atoms with Gasteiger partial charge in [-0.2, -0.15) is 5.10 Å². The van der Waals surface area contributed by atoms with Crippen LogP contribution in [0.5, 0.6) is 0 Å². The maximum absolute atomic E-state index is 13.5. The second-order valence-corrected chi connectivity index (χ2v) is 8.98. The molecule has 7 nitrogen and oxygen atoms in total. The van der Waals surface area contributed by atoms with E-state index < -0.39 is 6.04 Å². The van der Waals surface area contributed by atoms with E-state index in [1.54, 1.807) is 22.6 Å². The largest absolute Gasteiger partial charge is 0.463 e. The third-order valence-electron chi connectivity index (χ3n) is 5.66. The SMILES string of the molecule is CCCN(CC(=O)N1N=C(c2ccco2)CC1c1cccs1)C(C)C(=O)Nc1ccccc1. The summed E-state index contributed by atoms with van der Waals surface area (Å²) in [6, 6.07) is 16.4. The zero-order valence-electron chi connectivity index (χ0n) is 18.8. The summed E-state index contributed by atoms with van der Waals surface area (Å²) in [5.74, 6) is 0.397. The number of hydrogen-bond donors (Lipinski definition) is 1. The van der Waals surface area contributed by atoms with Crippen LogP contribution < -0.4 is 5.32 Å². The van der Waals surface area contributed by atoms with E-state index in [1.165, 1.54) is 0 Å². The number of nitrogens with one attached hydrogen (secondary N) is 1. The molecule has 3 aromatic rings. The molecule has 8 heteroatoms. The number of carbonyl (C=O) groups excluding carboxylic acids is 2. The summed E-state index contributed by atoms with van der Waals surface area (Å²) in [4.78, 5) is 29.3. The van der Waals surface area contributed by atoms with E-state index in [9.17, 15) is 9.59 Å². The van der Waals surface area contributed by atoms with Crippen molar-refractivity contribution in [1.82, 2.24) is 9.91 Å². The van der Waals surface area contributed by atoms with E-state index >= 15 is 0 Å². The standard InChI is InChI=1S/C25H28N4O3S/c1-3-13-28(18(2)25(31)26-19-9-5-4-6-10-19)17-24(30)29-21(23-12-8-15-33-23)16-20(27-29)22-11-7-14-32-22/h4-12,14-15,18,21H,3,13,16-17H2,1-2H3,(H,26,31). The fourth-order valence-electron chi connectivity index (χ4n) is 3.91. The first-order chi connectivity index (χ1) is 16.1. The van der Waals surface area contributed by atoms with Crippen molar-refractivity contribution in [3.05, 3.63) is 76.9 Å². The quantitative estimate of drug-likeness (QED) is 0.495. The monoisotopic (exact) mass is 464 g/mol. The molecule has 1 N–H and O–H groups in total. The predicted octanol–water partition coefficient (Wildman–Crippen LogP) is 4.76. The first kappa shape index (κ1) is 22.9. The molecule has 0 aliphatic carbocycles. The number of furan rings is 1. The predicted molar refractivity (Wildman–Crippen MR) is 130 cm³/mol. The lowest BCUT2D eigenvalue weighted by Crippen LogP contribution is -2.47. The first-order valence-corrected chi connectivity index (χ1v) is 12.0. The average molecular weight is 465 g/mol. The zero-order chi connectivity index (χ0) is 23.2. The van der Waals surface area contributed by atoms with Crippen LogP contribution >= 0.6 is 11.3 Å². The molecule has 2 amide bonds. The van der Waals surface area contributed by atoms with Gasteiger partial charge < -0.3 is 9.73 Å². The molecule has 4 rings (SSSR count). The lowest BCUT2D eigenvalue weighted by molar-refractivity contribution is -0.135. The molecule has 1 aliphatic rings. The van der Waals surface area contributed by atoms with Gasteiger partial charge in [-0.15, -0.1) is 11.3 Å². The highest BCUT2D eigenvalue weighted by Crippen LogP contribution is 2.35. The maximum atomic E-state index is 13.5. The highest BCUT2D eigenvalue weighted by atomic mass is 32.1. The summed E-state index contributed by atoms with van der Waals surface area (Å²) in [6.07, 6.45) is 3.03.